The smallest absolute Gasteiger partial charge is 0.181 e. The molecule has 0 bridgehead atoms. The monoisotopic (exact) mass is 271 g/mol. The van der Waals surface area contributed by atoms with Crippen molar-refractivity contribution in [2.45, 2.75) is 31.8 Å². The van der Waals surface area contributed by atoms with E-state index >= 15 is 0 Å². The molecule has 1 rings (SSSR count). The Morgan fingerprint density at radius 1 is 1.22 bits per heavy atom. The van der Waals surface area contributed by atoms with E-state index < -0.39 is 15.9 Å². The zero-order chi connectivity index (χ0) is 13.9. The molecule has 0 spiro atoms. The van der Waals surface area contributed by atoms with E-state index in [0.29, 0.717) is 4.90 Å². The average molecular weight is 271 g/mol. The van der Waals surface area contributed by atoms with Crippen LogP contribution in [0.15, 0.2) is 17.0 Å². The lowest BCUT2D eigenvalue weighted by Crippen LogP contribution is -2.31. The lowest BCUT2D eigenvalue weighted by molar-refractivity contribution is 0.196. The first-order chi connectivity index (χ1) is 8.27. The average Bonchev–Trinajstić information content (AvgIpc) is 2.13. The summed E-state index contributed by atoms with van der Waals surface area (Å²) in [6.07, 6.45) is -0.889. The van der Waals surface area contributed by atoms with Gasteiger partial charge in [-0.2, -0.15) is 0 Å². The molecule has 0 radical (unpaired) electrons. The molecule has 102 valence electrons. The van der Waals surface area contributed by atoms with E-state index in [2.05, 4.69) is 5.32 Å². The summed E-state index contributed by atoms with van der Waals surface area (Å²) in [5.74, 6) is -0.251. The van der Waals surface area contributed by atoms with Crippen molar-refractivity contribution in [2.24, 2.45) is 0 Å². The topological polar surface area (TPSA) is 66.4 Å². The van der Waals surface area contributed by atoms with Crippen LogP contribution in [0.2, 0.25) is 0 Å². The van der Waals surface area contributed by atoms with Crippen molar-refractivity contribution in [3.63, 3.8) is 0 Å². The van der Waals surface area contributed by atoms with Gasteiger partial charge >= 0.3 is 0 Å². The predicted octanol–water partition coefficient (Wildman–Crippen LogP) is 0.966. The minimum atomic E-state index is -3.45. The van der Waals surface area contributed by atoms with Gasteiger partial charge in [-0.3, -0.25) is 0 Å². The van der Waals surface area contributed by atoms with Crippen molar-refractivity contribution >= 4 is 9.84 Å². The summed E-state index contributed by atoms with van der Waals surface area (Å²) in [5.41, 5.74) is 2.52. The molecule has 1 aromatic carbocycles. The maximum absolute atomic E-state index is 12.3. The summed E-state index contributed by atoms with van der Waals surface area (Å²) in [5, 5.41) is 12.4. The summed E-state index contributed by atoms with van der Waals surface area (Å²) in [7, 11) is -1.77. The Morgan fingerprint density at radius 2 is 1.72 bits per heavy atom. The highest BCUT2D eigenvalue weighted by Crippen LogP contribution is 2.23. The van der Waals surface area contributed by atoms with Crippen LogP contribution in [-0.4, -0.2) is 39.0 Å². The molecular formula is C13H21NO3S. The summed E-state index contributed by atoms with van der Waals surface area (Å²) < 4.78 is 24.6. The largest absolute Gasteiger partial charge is 0.391 e. The van der Waals surface area contributed by atoms with Gasteiger partial charge in [0.05, 0.1) is 16.8 Å². The Bertz CT molecular complexity index is 500. The molecule has 0 heterocycles. The number of aryl methyl sites for hydroxylation is 3. The first-order valence-electron chi connectivity index (χ1n) is 5.91. The van der Waals surface area contributed by atoms with E-state index in [-0.39, 0.29) is 12.3 Å². The maximum Gasteiger partial charge on any atom is 0.181 e. The van der Waals surface area contributed by atoms with Crippen molar-refractivity contribution in [1.82, 2.24) is 5.32 Å². The highest BCUT2D eigenvalue weighted by atomic mass is 32.2. The first-order valence-corrected chi connectivity index (χ1v) is 7.56. The number of likely N-dealkylation sites (N-methyl/N-ethyl adjacent to an activating group) is 1. The van der Waals surface area contributed by atoms with Gasteiger partial charge in [0.25, 0.3) is 0 Å². The van der Waals surface area contributed by atoms with Crippen LogP contribution < -0.4 is 5.32 Å². The summed E-state index contributed by atoms with van der Waals surface area (Å²) in [4.78, 5) is 0.350. The highest BCUT2D eigenvalue weighted by molar-refractivity contribution is 7.91. The second kappa shape index (κ2) is 5.82. The Hall–Kier alpha value is -0.910. The Morgan fingerprint density at radius 3 is 2.17 bits per heavy atom. The van der Waals surface area contributed by atoms with E-state index in [1.807, 2.05) is 19.1 Å². The van der Waals surface area contributed by atoms with Crippen LogP contribution in [0.25, 0.3) is 0 Å². The third-order valence-electron chi connectivity index (χ3n) is 2.77. The molecule has 18 heavy (non-hydrogen) atoms. The normalized spacial score (nSPS) is 13.6. The molecule has 1 unspecified atom stereocenters. The van der Waals surface area contributed by atoms with Gasteiger partial charge in [0.15, 0.2) is 9.84 Å². The Balaban J connectivity index is 3.13. The van der Waals surface area contributed by atoms with Crippen molar-refractivity contribution in [3.8, 4) is 0 Å². The molecule has 1 aromatic rings. The van der Waals surface area contributed by atoms with E-state index in [9.17, 15) is 13.5 Å². The van der Waals surface area contributed by atoms with E-state index in [4.69, 9.17) is 0 Å². The number of sulfone groups is 1. The number of rotatable bonds is 5. The van der Waals surface area contributed by atoms with Crippen molar-refractivity contribution in [3.05, 3.63) is 28.8 Å². The number of nitrogens with one attached hydrogen (secondary N) is 1. The fraction of sp³-hybridized carbons (Fsp3) is 0.538. The predicted molar refractivity (Wildman–Crippen MR) is 72.6 cm³/mol. The molecule has 0 fully saturated rings. The van der Waals surface area contributed by atoms with Crippen LogP contribution in [-0.2, 0) is 9.84 Å². The van der Waals surface area contributed by atoms with Gasteiger partial charge in [-0.25, -0.2) is 8.42 Å². The fourth-order valence-electron chi connectivity index (χ4n) is 2.29. The summed E-state index contributed by atoms with van der Waals surface area (Å²) in [6, 6.07) is 3.70. The molecule has 0 aliphatic rings. The zero-order valence-corrected chi connectivity index (χ0v) is 12.1. The second-order valence-electron chi connectivity index (χ2n) is 4.72. The van der Waals surface area contributed by atoms with E-state index in [0.717, 1.165) is 16.7 Å². The molecule has 0 saturated heterocycles. The standard InChI is InChI=1S/C13H21NO3S/c1-9-5-10(2)13(11(3)6-9)18(16,17)8-12(15)7-14-4/h5-6,12,14-15H,7-8H2,1-4H3. The van der Waals surface area contributed by atoms with Gasteiger partial charge in [0, 0.05) is 6.54 Å². The Kier molecular flexibility index (Phi) is 4.90. The van der Waals surface area contributed by atoms with Crippen LogP contribution in [0, 0.1) is 20.8 Å². The molecule has 0 amide bonds. The number of hydrogen-bond acceptors (Lipinski definition) is 4. The zero-order valence-electron chi connectivity index (χ0n) is 11.3. The van der Waals surface area contributed by atoms with Crippen LogP contribution in [0.3, 0.4) is 0 Å². The molecule has 0 aliphatic heterocycles. The maximum atomic E-state index is 12.3. The molecular weight excluding hydrogens is 250 g/mol. The van der Waals surface area contributed by atoms with Crippen LogP contribution in [0.4, 0.5) is 0 Å². The lowest BCUT2D eigenvalue weighted by Gasteiger charge is -2.15. The molecule has 4 nitrogen and oxygen atoms in total. The van der Waals surface area contributed by atoms with E-state index in [1.165, 1.54) is 0 Å². The van der Waals surface area contributed by atoms with Gasteiger partial charge in [-0.05, 0) is 38.9 Å². The first kappa shape index (κ1) is 15.1. The third kappa shape index (κ3) is 3.54. The molecule has 0 aromatic heterocycles. The van der Waals surface area contributed by atoms with Crippen molar-refractivity contribution in [1.29, 1.82) is 0 Å². The SMILES string of the molecule is CNCC(O)CS(=O)(=O)c1c(C)cc(C)cc1C. The molecule has 0 saturated carbocycles. The summed E-state index contributed by atoms with van der Waals surface area (Å²) >= 11 is 0. The van der Waals surface area contributed by atoms with E-state index in [1.54, 1.807) is 20.9 Å². The quantitative estimate of drug-likeness (QED) is 0.837. The van der Waals surface area contributed by atoms with Gasteiger partial charge in [0.2, 0.25) is 0 Å². The third-order valence-corrected chi connectivity index (χ3v) is 4.86. The Labute approximate surface area is 109 Å². The number of aliphatic hydroxyl groups is 1. The minimum absolute atomic E-state index is 0.251. The summed E-state index contributed by atoms with van der Waals surface area (Å²) in [6.45, 7) is 5.78. The van der Waals surface area contributed by atoms with Crippen molar-refractivity contribution < 1.29 is 13.5 Å². The van der Waals surface area contributed by atoms with Gasteiger partial charge in [-0.1, -0.05) is 17.7 Å². The van der Waals surface area contributed by atoms with Gasteiger partial charge in [0.1, 0.15) is 0 Å². The molecule has 0 aliphatic carbocycles. The number of benzene rings is 1. The minimum Gasteiger partial charge on any atom is -0.391 e. The number of hydrogen-bond donors (Lipinski definition) is 2. The van der Waals surface area contributed by atoms with Crippen LogP contribution in [0.5, 0.6) is 0 Å². The van der Waals surface area contributed by atoms with Crippen molar-refractivity contribution in [2.75, 3.05) is 19.3 Å². The molecule has 5 heteroatoms. The molecule has 2 N–H and O–H groups in total. The van der Waals surface area contributed by atoms with Gasteiger partial charge < -0.3 is 10.4 Å². The molecule has 1 atom stereocenters. The van der Waals surface area contributed by atoms with Crippen LogP contribution in [0.1, 0.15) is 16.7 Å². The number of aliphatic hydroxyl groups excluding tert-OH is 1. The second-order valence-corrected chi connectivity index (χ2v) is 6.69. The fourth-order valence-corrected chi connectivity index (χ4v) is 4.18. The highest BCUT2D eigenvalue weighted by Gasteiger charge is 2.23. The van der Waals surface area contributed by atoms with Gasteiger partial charge in [-0.15, -0.1) is 0 Å². The van der Waals surface area contributed by atoms with Crippen LogP contribution >= 0.6 is 0 Å². The lowest BCUT2D eigenvalue weighted by atomic mass is 10.1.